The van der Waals surface area contributed by atoms with Gasteiger partial charge in [-0.2, -0.15) is 0 Å². The molecule has 0 aliphatic heterocycles. The minimum atomic E-state index is 0.115. The average Bonchev–Trinajstić information content (AvgIpc) is 2.63. The predicted molar refractivity (Wildman–Crippen MR) is 79.2 cm³/mol. The molecule has 5 heteroatoms. The second-order valence-corrected chi connectivity index (χ2v) is 7.12. The van der Waals surface area contributed by atoms with Crippen LogP contribution in [0.15, 0.2) is 38.6 Å². The highest BCUT2D eigenvalue weighted by Crippen LogP contribution is 2.33. The minimum Gasteiger partial charge on any atom is -0.293 e. The maximum Gasteiger partial charge on any atom is 0.177 e. The molecule has 0 unspecified atom stereocenters. The first kappa shape index (κ1) is 13.3. The molecule has 0 amide bonds. The molecular weight excluding hydrogens is 387 g/mol. The molecular formula is C12H7Br2ClOS. The number of hydrogen-bond donors (Lipinski definition) is 0. The molecule has 0 bridgehead atoms. The summed E-state index contributed by atoms with van der Waals surface area (Å²) in [5, 5.41) is 0.683. The van der Waals surface area contributed by atoms with E-state index < -0.39 is 0 Å². The van der Waals surface area contributed by atoms with E-state index in [0.717, 1.165) is 18.7 Å². The SMILES string of the molecule is O=C(Cc1ccc(Cl)cc1)c1cc(Br)c(Br)s1. The van der Waals surface area contributed by atoms with E-state index in [2.05, 4.69) is 31.9 Å². The molecule has 0 aliphatic rings. The first-order chi connectivity index (χ1) is 8.06. The van der Waals surface area contributed by atoms with Crippen molar-refractivity contribution in [1.82, 2.24) is 0 Å². The van der Waals surface area contributed by atoms with Gasteiger partial charge in [-0.15, -0.1) is 11.3 Å². The highest BCUT2D eigenvalue weighted by atomic mass is 79.9. The number of ketones is 1. The molecule has 1 aromatic heterocycles. The lowest BCUT2D eigenvalue weighted by Crippen LogP contribution is -2.00. The van der Waals surface area contributed by atoms with Crippen molar-refractivity contribution >= 4 is 60.6 Å². The van der Waals surface area contributed by atoms with Crippen molar-refractivity contribution in [3.63, 3.8) is 0 Å². The Morgan fingerprint density at radius 2 is 1.88 bits per heavy atom. The van der Waals surface area contributed by atoms with Crippen LogP contribution in [0, 0.1) is 0 Å². The summed E-state index contributed by atoms with van der Waals surface area (Å²) in [6, 6.07) is 9.18. The van der Waals surface area contributed by atoms with Crippen molar-refractivity contribution in [1.29, 1.82) is 0 Å². The Morgan fingerprint density at radius 3 is 2.41 bits per heavy atom. The van der Waals surface area contributed by atoms with Gasteiger partial charge < -0.3 is 0 Å². The fraction of sp³-hybridized carbons (Fsp3) is 0.0833. The van der Waals surface area contributed by atoms with Gasteiger partial charge in [0, 0.05) is 15.9 Å². The number of hydrogen-bond acceptors (Lipinski definition) is 2. The van der Waals surface area contributed by atoms with Crippen molar-refractivity contribution in [2.24, 2.45) is 0 Å². The van der Waals surface area contributed by atoms with E-state index in [9.17, 15) is 4.79 Å². The molecule has 0 saturated heterocycles. The molecule has 1 aromatic carbocycles. The van der Waals surface area contributed by atoms with Crippen molar-refractivity contribution in [2.75, 3.05) is 0 Å². The van der Waals surface area contributed by atoms with Gasteiger partial charge in [0.1, 0.15) is 0 Å². The molecule has 2 rings (SSSR count). The van der Waals surface area contributed by atoms with E-state index in [0.29, 0.717) is 11.4 Å². The van der Waals surface area contributed by atoms with E-state index in [1.807, 2.05) is 18.2 Å². The lowest BCUT2D eigenvalue weighted by Gasteiger charge is -1.99. The van der Waals surface area contributed by atoms with Gasteiger partial charge in [0.2, 0.25) is 0 Å². The lowest BCUT2D eigenvalue weighted by atomic mass is 10.1. The second-order valence-electron chi connectivity index (χ2n) is 3.46. The highest BCUT2D eigenvalue weighted by Gasteiger charge is 2.12. The largest absolute Gasteiger partial charge is 0.293 e. The standard InChI is InChI=1S/C12H7Br2ClOS/c13-9-6-11(17-12(9)14)10(16)5-7-1-3-8(15)4-2-7/h1-4,6H,5H2. The molecule has 88 valence electrons. The van der Waals surface area contributed by atoms with Gasteiger partial charge in [0.25, 0.3) is 0 Å². The van der Waals surface area contributed by atoms with Gasteiger partial charge in [-0.05, 0) is 55.6 Å². The Bertz CT molecular complexity index is 529. The van der Waals surface area contributed by atoms with Crippen LogP contribution in [0.3, 0.4) is 0 Å². The number of benzene rings is 1. The summed E-state index contributed by atoms with van der Waals surface area (Å²) < 4.78 is 1.86. The molecule has 0 N–H and O–H groups in total. The minimum absolute atomic E-state index is 0.115. The summed E-state index contributed by atoms with van der Waals surface area (Å²) in [5.74, 6) is 0.115. The summed E-state index contributed by atoms with van der Waals surface area (Å²) in [6.07, 6.45) is 0.399. The third-order valence-corrected chi connectivity index (χ3v) is 5.75. The Kier molecular flexibility index (Phi) is 4.42. The number of carbonyl (C=O) groups is 1. The normalized spacial score (nSPS) is 10.5. The zero-order chi connectivity index (χ0) is 12.4. The molecule has 0 saturated carbocycles. The molecule has 2 aromatic rings. The number of rotatable bonds is 3. The van der Waals surface area contributed by atoms with E-state index in [1.54, 1.807) is 12.1 Å². The number of halogens is 3. The summed E-state index contributed by atoms with van der Waals surface area (Å²) in [5.41, 5.74) is 0.972. The monoisotopic (exact) mass is 392 g/mol. The van der Waals surface area contributed by atoms with Crippen LogP contribution in [-0.2, 0) is 6.42 Å². The predicted octanol–water partition coefficient (Wildman–Crippen LogP) is 5.35. The van der Waals surface area contributed by atoms with Gasteiger partial charge in [-0.1, -0.05) is 23.7 Å². The summed E-state index contributed by atoms with van der Waals surface area (Å²) in [7, 11) is 0. The maximum absolute atomic E-state index is 12.0. The van der Waals surface area contributed by atoms with Crippen molar-refractivity contribution in [3.8, 4) is 0 Å². The second kappa shape index (κ2) is 5.65. The Hall–Kier alpha value is -0.160. The van der Waals surface area contributed by atoms with Gasteiger partial charge in [0.05, 0.1) is 8.66 Å². The average molecular weight is 395 g/mol. The van der Waals surface area contributed by atoms with Gasteiger partial charge in [-0.3, -0.25) is 4.79 Å². The Morgan fingerprint density at radius 1 is 1.24 bits per heavy atom. The third kappa shape index (κ3) is 3.41. The molecule has 17 heavy (non-hydrogen) atoms. The van der Waals surface area contributed by atoms with Gasteiger partial charge >= 0.3 is 0 Å². The summed E-state index contributed by atoms with van der Waals surface area (Å²) in [6.45, 7) is 0. The van der Waals surface area contributed by atoms with Crippen LogP contribution in [0.5, 0.6) is 0 Å². The molecule has 0 spiro atoms. The molecule has 0 radical (unpaired) electrons. The van der Waals surface area contributed by atoms with E-state index in [-0.39, 0.29) is 5.78 Å². The maximum atomic E-state index is 12.0. The van der Waals surface area contributed by atoms with Crippen LogP contribution < -0.4 is 0 Å². The Balaban J connectivity index is 2.14. The zero-order valence-electron chi connectivity index (χ0n) is 8.54. The van der Waals surface area contributed by atoms with Crippen LogP contribution in [0.25, 0.3) is 0 Å². The van der Waals surface area contributed by atoms with Crippen LogP contribution in [-0.4, -0.2) is 5.78 Å². The van der Waals surface area contributed by atoms with Crippen LogP contribution in [0.4, 0.5) is 0 Å². The van der Waals surface area contributed by atoms with Crippen molar-refractivity contribution in [2.45, 2.75) is 6.42 Å². The quantitative estimate of drug-likeness (QED) is 0.641. The fourth-order valence-electron chi connectivity index (χ4n) is 1.36. The number of thiophene rings is 1. The van der Waals surface area contributed by atoms with Crippen molar-refractivity contribution in [3.05, 3.63) is 54.1 Å². The summed E-state index contributed by atoms with van der Waals surface area (Å²) in [4.78, 5) is 12.7. The van der Waals surface area contributed by atoms with E-state index >= 15 is 0 Å². The Labute approximate surface area is 125 Å². The van der Waals surface area contributed by atoms with E-state index in [1.165, 1.54) is 11.3 Å². The van der Waals surface area contributed by atoms with Crippen LogP contribution in [0.2, 0.25) is 5.02 Å². The molecule has 0 aliphatic carbocycles. The molecule has 0 fully saturated rings. The van der Waals surface area contributed by atoms with Gasteiger partial charge in [0.15, 0.2) is 5.78 Å². The third-order valence-electron chi connectivity index (χ3n) is 2.20. The van der Waals surface area contributed by atoms with Crippen LogP contribution in [0.1, 0.15) is 15.2 Å². The first-order valence-electron chi connectivity index (χ1n) is 4.79. The first-order valence-corrected chi connectivity index (χ1v) is 7.57. The fourth-order valence-corrected chi connectivity index (χ4v) is 3.46. The van der Waals surface area contributed by atoms with Gasteiger partial charge in [-0.25, -0.2) is 0 Å². The van der Waals surface area contributed by atoms with E-state index in [4.69, 9.17) is 11.6 Å². The number of carbonyl (C=O) groups excluding carboxylic acids is 1. The molecule has 1 heterocycles. The highest BCUT2D eigenvalue weighted by molar-refractivity contribution is 9.13. The smallest absolute Gasteiger partial charge is 0.177 e. The lowest BCUT2D eigenvalue weighted by molar-refractivity contribution is 0.0997. The van der Waals surface area contributed by atoms with Crippen molar-refractivity contribution < 1.29 is 4.79 Å². The number of Topliss-reactive ketones (excluding diaryl/α,β-unsaturated/α-hetero) is 1. The zero-order valence-corrected chi connectivity index (χ0v) is 13.3. The summed E-state index contributed by atoms with van der Waals surface area (Å²) >= 11 is 14.0. The molecule has 1 nitrogen and oxygen atoms in total. The molecule has 0 atom stereocenters. The van der Waals surface area contributed by atoms with Crippen LogP contribution >= 0.6 is 54.8 Å². The topological polar surface area (TPSA) is 17.1 Å².